The smallest absolute Gasteiger partial charge is 0.0266 e. The van der Waals surface area contributed by atoms with Crippen molar-refractivity contribution >= 4 is 11.8 Å². The fourth-order valence-corrected chi connectivity index (χ4v) is 2.01. The van der Waals surface area contributed by atoms with Gasteiger partial charge in [-0.25, -0.2) is 0 Å². The summed E-state index contributed by atoms with van der Waals surface area (Å²) in [6, 6.07) is 0. The van der Waals surface area contributed by atoms with Gasteiger partial charge in [-0.3, -0.25) is 0 Å². The molecule has 0 aliphatic carbocycles. The Morgan fingerprint density at radius 1 is 1.50 bits per heavy atom. The van der Waals surface area contributed by atoms with Gasteiger partial charge in [0.2, 0.25) is 0 Å². The quantitative estimate of drug-likeness (QED) is 0.603. The summed E-state index contributed by atoms with van der Waals surface area (Å²) in [5.74, 6) is 2.55. The second kappa shape index (κ2) is 3.91. The van der Waals surface area contributed by atoms with Crippen molar-refractivity contribution in [3.63, 3.8) is 0 Å². The summed E-state index contributed by atoms with van der Waals surface area (Å²) in [5, 5.41) is 0. The van der Waals surface area contributed by atoms with Gasteiger partial charge in [0.1, 0.15) is 0 Å². The normalized spacial score (nSPS) is 19.1. The average molecular weight is 157 g/mol. The molecule has 10 heavy (non-hydrogen) atoms. The fourth-order valence-electron chi connectivity index (χ4n) is 1.10. The lowest BCUT2D eigenvalue weighted by molar-refractivity contribution is 0.372. The molecule has 2 heteroatoms. The Hall–Kier alpha value is -0.110. The van der Waals surface area contributed by atoms with Crippen LogP contribution >= 0.6 is 11.8 Å². The molecule has 0 aromatic carbocycles. The maximum absolute atomic E-state index is 4.01. The van der Waals surface area contributed by atoms with E-state index in [9.17, 15) is 0 Å². The van der Waals surface area contributed by atoms with Gasteiger partial charge in [-0.1, -0.05) is 13.5 Å². The summed E-state index contributed by atoms with van der Waals surface area (Å²) in [6.45, 7) is 8.60. The summed E-state index contributed by atoms with van der Waals surface area (Å²) < 4.78 is 0. The largest absolute Gasteiger partial charge is 0.374 e. The Morgan fingerprint density at radius 2 is 2.10 bits per heavy atom. The number of thioether (sulfide) groups is 1. The van der Waals surface area contributed by atoms with E-state index < -0.39 is 0 Å². The molecular weight excluding hydrogens is 142 g/mol. The molecule has 0 aromatic rings. The highest BCUT2D eigenvalue weighted by Crippen LogP contribution is 2.14. The zero-order valence-corrected chi connectivity index (χ0v) is 7.41. The number of nitrogens with zero attached hydrogens (tertiary/aromatic N) is 1. The van der Waals surface area contributed by atoms with Crippen LogP contribution in [0.1, 0.15) is 13.3 Å². The Bertz CT molecular complexity index is 116. The van der Waals surface area contributed by atoms with Crippen molar-refractivity contribution in [2.24, 2.45) is 0 Å². The highest BCUT2D eigenvalue weighted by Gasteiger charge is 2.09. The molecule has 0 bridgehead atoms. The standard InChI is InChI=1S/C8H15NS/c1-3-8(2)9-4-6-10-7-5-9/h2-7H2,1H3. The molecule has 1 aliphatic rings. The van der Waals surface area contributed by atoms with Gasteiger partial charge in [-0.05, 0) is 6.42 Å². The van der Waals surface area contributed by atoms with Crippen molar-refractivity contribution in [1.29, 1.82) is 0 Å². The molecule has 1 aliphatic heterocycles. The van der Waals surface area contributed by atoms with E-state index in [0.29, 0.717) is 0 Å². The molecule has 0 N–H and O–H groups in total. The SMILES string of the molecule is C=C(CC)N1CCSCC1. The predicted molar refractivity (Wildman–Crippen MR) is 48.3 cm³/mol. The second-order valence-electron chi connectivity index (χ2n) is 2.52. The summed E-state index contributed by atoms with van der Waals surface area (Å²) in [5.41, 5.74) is 1.31. The van der Waals surface area contributed by atoms with Gasteiger partial charge in [0.15, 0.2) is 0 Å². The maximum atomic E-state index is 4.01. The maximum Gasteiger partial charge on any atom is 0.0266 e. The van der Waals surface area contributed by atoms with E-state index in [0.717, 1.165) is 6.42 Å². The molecule has 1 heterocycles. The van der Waals surface area contributed by atoms with E-state index in [1.807, 2.05) is 11.8 Å². The van der Waals surface area contributed by atoms with Crippen molar-refractivity contribution in [2.75, 3.05) is 24.6 Å². The second-order valence-corrected chi connectivity index (χ2v) is 3.74. The minimum absolute atomic E-state index is 1.10. The molecule has 58 valence electrons. The van der Waals surface area contributed by atoms with E-state index in [2.05, 4.69) is 18.4 Å². The molecule has 0 amide bonds. The van der Waals surface area contributed by atoms with Gasteiger partial charge in [-0.2, -0.15) is 11.8 Å². The highest BCUT2D eigenvalue weighted by atomic mass is 32.2. The van der Waals surface area contributed by atoms with Crippen LogP contribution in [0.4, 0.5) is 0 Å². The van der Waals surface area contributed by atoms with Gasteiger partial charge >= 0.3 is 0 Å². The van der Waals surface area contributed by atoms with Crippen LogP contribution in [-0.4, -0.2) is 29.5 Å². The third kappa shape index (κ3) is 1.94. The van der Waals surface area contributed by atoms with Crippen molar-refractivity contribution in [1.82, 2.24) is 4.90 Å². The highest BCUT2D eigenvalue weighted by molar-refractivity contribution is 7.99. The molecule has 0 unspecified atom stereocenters. The van der Waals surface area contributed by atoms with Crippen LogP contribution in [0.3, 0.4) is 0 Å². The molecule has 1 saturated heterocycles. The predicted octanol–water partition coefficient (Wildman–Crippen LogP) is 1.96. The number of hydrogen-bond donors (Lipinski definition) is 0. The van der Waals surface area contributed by atoms with Gasteiger partial charge in [-0.15, -0.1) is 0 Å². The lowest BCUT2D eigenvalue weighted by Crippen LogP contribution is -2.31. The lowest BCUT2D eigenvalue weighted by Gasteiger charge is -2.29. The summed E-state index contributed by atoms with van der Waals surface area (Å²) in [4.78, 5) is 2.40. The van der Waals surface area contributed by atoms with E-state index in [-0.39, 0.29) is 0 Å². The van der Waals surface area contributed by atoms with Crippen LogP contribution in [0.15, 0.2) is 12.3 Å². The first-order chi connectivity index (χ1) is 4.84. The Morgan fingerprint density at radius 3 is 2.60 bits per heavy atom. The summed E-state index contributed by atoms with van der Waals surface area (Å²) in [7, 11) is 0. The molecule has 1 nitrogen and oxygen atoms in total. The molecule has 1 fully saturated rings. The molecule has 0 saturated carbocycles. The third-order valence-electron chi connectivity index (χ3n) is 1.87. The van der Waals surface area contributed by atoms with Crippen LogP contribution in [0.2, 0.25) is 0 Å². The number of rotatable bonds is 2. The summed E-state index contributed by atoms with van der Waals surface area (Å²) >= 11 is 2.04. The molecule has 0 atom stereocenters. The van der Waals surface area contributed by atoms with Crippen LogP contribution in [-0.2, 0) is 0 Å². The number of allylic oxidation sites excluding steroid dienone is 1. The first-order valence-electron chi connectivity index (χ1n) is 3.85. The van der Waals surface area contributed by atoms with Gasteiger partial charge in [0.05, 0.1) is 0 Å². The van der Waals surface area contributed by atoms with Gasteiger partial charge in [0, 0.05) is 30.3 Å². The minimum Gasteiger partial charge on any atom is -0.374 e. The van der Waals surface area contributed by atoms with Crippen LogP contribution in [0.25, 0.3) is 0 Å². The molecule has 0 aromatic heterocycles. The van der Waals surface area contributed by atoms with Gasteiger partial charge in [0.25, 0.3) is 0 Å². The number of hydrogen-bond acceptors (Lipinski definition) is 2. The zero-order chi connectivity index (χ0) is 7.40. The van der Waals surface area contributed by atoms with E-state index >= 15 is 0 Å². The third-order valence-corrected chi connectivity index (χ3v) is 2.81. The Balaban J connectivity index is 2.31. The van der Waals surface area contributed by atoms with Crippen molar-refractivity contribution in [2.45, 2.75) is 13.3 Å². The van der Waals surface area contributed by atoms with Crippen LogP contribution in [0.5, 0.6) is 0 Å². The molecule has 0 radical (unpaired) electrons. The van der Waals surface area contributed by atoms with Gasteiger partial charge < -0.3 is 4.90 Å². The van der Waals surface area contributed by atoms with E-state index in [4.69, 9.17) is 0 Å². The zero-order valence-electron chi connectivity index (χ0n) is 6.60. The first-order valence-corrected chi connectivity index (χ1v) is 5.00. The van der Waals surface area contributed by atoms with E-state index in [1.165, 1.54) is 30.3 Å². The van der Waals surface area contributed by atoms with Crippen molar-refractivity contribution in [3.8, 4) is 0 Å². The van der Waals surface area contributed by atoms with Crippen LogP contribution < -0.4 is 0 Å². The van der Waals surface area contributed by atoms with E-state index in [1.54, 1.807) is 0 Å². The topological polar surface area (TPSA) is 3.24 Å². The molecular formula is C8H15NS. The lowest BCUT2D eigenvalue weighted by atomic mass is 10.3. The Labute approximate surface area is 67.5 Å². The Kier molecular flexibility index (Phi) is 3.13. The monoisotopic (exact) mass is 157 g/mol. The average Bonchev–Trinajstić information content (AvgIpc) is 2.05. The fraction of sp³-hybridized carbons (Fsp3) is 0.750. The van der Waals surface area contributed by atoms with Crippen molar-refractivity contribution in [3.05, 3.63) is 12.3 Å². The first kappa shape index (κ1) is 7.99. The minimum atomic E-state index is 1.10. The molecule has 1 rings (SSSR count). The summed E-state index contributed by atoms with van der Waals surface area (Å²) in [6.07, 6.45) is 1.10. The molecule has 0 spiro atoms. The van der Waals surface area contributed by atoms with Crippen LogP contribution in [0, 0.1) is 0 Å². The van der Waals surface area contributed by atoms with Crippen molar-refractivity contribution < 1.29 is 0 Å².